The van der Waals surface area contributed by atoms with Crippen molar-refractivity contribution in [3.8, 4) is 0 Å². The van der Waals surface area contributed by atoms with Crippen LogP contribution >= 0.6 is 0 Å². The number of benzene rings is 2. The molecule has 0 unspecified atom stereocenters. The average Bonchev–Trinajstić information content (AvgIpc) is 2.86. The van der Waals surface area contributed by atoms with Crippen LogP contribution in [0, 0.1) is 0 Å². The van der Waals surface area contributed by atoms with Crippen LogP contribution < -0.4 is 5.73 Å². The van der Waals surface area contributed by atoms with Gasteiger partial charge in [-0.1, -0.05) is 42.5 Å². The SMILES string of the molecule is N[C@@H](Cc1ccc2ccccc2c1)C(=O)ON1C(=O)CCC1=O. The van der Waals surface area contributed by atoms with E-state index < -0.39 is 23.8 Å². The van der Waals surface area contributed by atoms with E-state index in [1.54, 1.807) is 0 Å². The van der Waals surface area contributed by atoms with Gasteiger partial charge in [-0.3, -0.25) is 9.59 Å². The van der Waals surface area contributed by atoms with Crippen molar-refractivity contribution in [1.29, 1.82) is 0 Å². The van der Waals surface area contributed by atoms with Gasteiger partial charge in [-0.15, -0.1) is 5.06 Å². The molecule has 0 spiro atoms. The van der Waals surface area contributed by atoms with Crippen LogP contribution in [-0.2, 0) is 25.6 Å². The minimum absolute atomic E-state index is 0.0615. The van der Waals surface area contributed by atoms with Gasteiger partial charge in [0.15, 0.2) is 0 Å². The molecule has 6 nitrogen and oxygen atoms in total. The third kappa shape index (κ3) is 3.22. The summed E-state index contributed by atoms with van der Waals surface area (Å²) in [6.45, 7) is 0. The van der Waals surface area contributed by atoms with E-state index in [9.17, 15) is 14.4 Å². The number of hydroxylamine groups is 2. The minimum atomic E-state index is -0.947. The van der Waals surface area contributed by atoms with Crippen LogP contribution in [0.5, 0.6) is 0 Å². The molecule has 1 heterocycles. The third-order valence-electron chi connectivity index (χ3n) is 3.76. The normalized spacial score (nSPS) is 16.0. The second-order valence-corrected chi connectivity index (χ2v) is 5.48. The van der Waals surface area contributed by atoms with Crippen LogP contribution in [0.2, 0.25) is 0 Å². The predicted octanol–water partition coefficient (Wildman–Crippen LogP) is 1.32. The fourth-order valence-corrected chi connectivity index (χ4v) is 2.52. The van der Waals surface area contributed by atoms with Gasteiger partial charge in [0.2, 0.25) is 0 Å². The summed E-state index contributed by atoms with van der Waals surface area (Å²) in [6, 6.07) is 12.7. The largest absolute Gasteiger partial charge is 0.350 e. The zero-order valence-electron chi connectivity index (χ0n) is 12.4. The molecule has 6 heteroatoms. The highest BCUT2D eigenvalue weighted by Gasteiger charge is 2.34. The molecule has 1 saturated heterocycles. The molecule has 0 aliphatic carbocycles. The van der Waals surface area contributed by atoms with Crippen molar-refractivity contribution >= 4 is 28.6 Å². The molecule has 1 aliphatic rings. The van der Waals surface area contributed by atoms with Crippen molar-refractivity contribution in [2.24, 2.45) is 5.73 Å². The van der Waals surface area contributed by atoms with Gasteiger partial charge in [0, 0.05) is 12.8 Å². The monoisotopic (exact) mass is 312 g/mol. The first kappa shape index (κ1) is 15.2. The highest BCUT2D eigenvalue weighted by Crippen LogP contribution is 2.17. The van der Waals surface area contributed by atoms with Gasteiger partial charge in [-0.25, -0.2) is 4.79 Å². The summed E-state index contributed by atoms with van der Waals surface area (Å²) in [7, 11) is 0. The summed E-state index contributed by atoms with van der Waals surface area (Å²) in [5.41, 5.74) is 6.72. The van der Waals surface area contributed by atoms with Gasteiger partial charge in [0.05, 0.1) is 0 Å². The summed E-state index contributed by atoms with van der Waals surface area (Å²) in [4.78, 5) is 39.7. The number of rotatable bonds is 4. The molecule has 23 heavy (non-hydrogen) atoms. The average molecular weight is 312 g/mol. The highest BCUT2D eigenvalue weighted by molar-refractivity contribution is 6.01. The van der Waals surface area contributed by atoms with Crippen LogP contribution in [0.1, 0.15) is 18.4 Å². The van der Waals surface area contributed by atoms with Gasteiger partial charge in [-0.05, 0) is 22.8 Å². The standard InChI is InChI=1S/C17H16N2O4/c18-14(17(22)23-19-15(20)7-8-16(19)21)10-11-5-6-12-3-1-2-4-13(12)9-11/h1-6,9,14H,7-8,10,18H2/t14-/m0/s1. The molecule has 2 aromatic carbocycles. The second-order valence-electron chi connectivity index (χ2n) is 5.48. The first-order valence-electron chi connectivity index (χ1n) is 7.35. The van der Waals surface area contributed by atoms with E-state index in [1.807, 2.05) is 42.5 Å². The van der Waals surface area contributed by atoms with E-state index >= 15 is 0 Å². The molecule has 0 saturated carbocycles. The number of nitrogens with zero attached hydrogens (tertiary/aromatic N) is 1. The van der Waals surface area contributed by atoms with E-state index in [0.717, 1.165) is 16.3 Å². The van der Waals surface area contributed by atoms with Crippen LogP contribution in [0.25, 0.3) is 10.8 Å². The molecule has 2 aromatic rings. The minimum Gasteiger partial charge on any atom is -0.329 e. The maximum Gasteiger partial charge on any atom is 0.350 e. The Morgan fingerprint density at radius 2 is 1.74 bits per heavy atom. The number of hydrogen-bond donors (Lipinski definition) is 1. The van der Waals surface area contributed by atoms with Gasteiger partial charge in [0.25, 0.3) is 11.8 Å². The molecule has 1 fully saturated rings. The van der Waals surface area contributed by atoms with E-state index in [1.165, 1.54) is 0 Å². The molecule has 2 N–H and O–H groups in total. The maximum atomic E-state index is 12.0. The molecule has 2 amide bonds. The number of hydrogen-bond acceptors (Lipinski definition) is 5. The van der Waals surface area contributed by atoms with Crippen molar-refractivity contribution in [1.82, 2.24) is 5.06 Å². The van der Waals surface area contributed by atoms with Crippen LogP contribution in [0.3, 0.4) is 0 Å². The lowest BCUT2D eigenvalue weighted by molar-refractivity contribution is -0.198. The van der Waals surface area contributed by atoms with Gasteiger partial charge in [0.1, 0.15) is 6.04 Å². The third-order valence-corrected chi connectivity index (χ3v) is 3.76. The maximum absolute atomic E-state index is 12.0. The Bertz CT molecular complexity index is 771. The number of nitrogens with two attached hydrogens (primary N) is 1. The second kappa shape index (κ2) is 6.18. The van der Waals surface area contributed by atoms with Gasteiger partial charge >= 0.3 is 5.97 Å². The van der Waals surface area contributed by atoms with Crippen molar-refractivity contribution in [2.45, 2.75) is 25.3 Å². The number of imide groups is 1. The van der Waals surface area contributed by atoms with E-state index in [-0.39, 0.29) is 19.3 Å². The fourth-order valence-electron chi connectivity index (χ4n) is 2.52. The number of carbonyl (C=O) groups is 3. The molecule has 1 atom stereocenters. The van der Waals surface area contributed by atoms with Crippen LogP contribution in [0.4, 0.5) is 0 Å². The molecular weight excluding hydrogens is 296 g/mol. The summed E-state index contributed by atoms with van der Waals surface area (Å²) >= 11 is 0. The number of amides is 2. The van der Waals surface area contributed by atoms with E-state index in [2.05, 4.69) is 0 Å². The Hall–Kier alpha value is -2.73. The van der Waals surface area contributed by atoms with Crippen molar-refractivity contribution < 1.29 is 19.2 Å². The van der Waals surface area contributed by atoms with Gasteiger partial charge < -0.3 is 10.6 Å². The summed E-state index contributed by atoms with van der Waals surface area (Å²) in [5.74, 6) is -1.82. The quantitative estimate of drug-likeness (QED) is 0.860. The lowest BCUT2D eigenvalue weighted by atomic mass is 10.0. The van der Waals surface area contributed by atoms with Crippen molar-refractivity contribution in [2.75, 3.05) is 0 Å². The first-order valence-corrected chi connectivity index (χ1v) is 7.35. The first-order chi connectivity index (χ1) is 11.0. The number of carbonyl (C=O) groups excluding carboxylic acids is 3. The Labute approximate surface area is 132 Å². The lowest BCUT2D eigenvalue weighted by Crippen LogP contribution is -2.41. The van der Waals surface area contributed by atoms with Crippen LogP contribution in [0.15, 0.2) is 42.5 Å². The molecule has 0 aromatic heterocycles. The van der Waals surface area contributed by atoms with Crippen LogP contribution in [-0.4, -0.2) is 28.9 Å². The summed E-state index contributed by atoms with van der Waals surface area (Å²) in [6.07, 6.45) is 0.387. The molecule has 3 rings (SSSR count). The molecule has 0 bridgehead atoms. The lowest BCUT2D eigenvalue weighted by Gasteiger charge is -2.16. The van der Waals surface area contributed by atoms with Crippen molar-refractivity contribution in [3.05, 3.63) is 48.0 Å². The Morgan fingerprint density at radius 3 is 2.43 bits per heavy atom. The topological polar surface area (TPSA) is 89.7 Å². The smallest absolute Gasteiger partial charge is 0.329 e. The Morgan fingerprint density at radius 1 is 1.09 bits per heavy atom. The zero-order valence-corrected chi connectivity index (χ0v) is 12.4. The molecule has 118 valence electrons. The Balaban J connectivity index is 1.67. The molecule has 0 radical (unpaired) electrons. The number of fused-ring (bicyclic) bond motifs is 1. The highest BCUT2D eigenvalue weighted by atomic mass is 16.7. The summed E-state index contributed by atoms with van der Waals surface area (Å²) in [5, 5.41) is 2.67. The zero-order chi connectivity index (χ0) is 16.4. The van der Waals surface area contributed by atoms with E-state index in [4.69, 9.17) is 10.6 Å². The molecule has 1 aliphatic heterocycles. The van der Waals surface area contributed by atoms with E-state index in [0.29, 0.717) is 5.06 Å². The fraction of sp³-hybridized carbons (Fsp3) is 0.235. The van der Waals surface area contributed by atoms with Crippen molar-refractivity contribution in [3.63, 3.8) is 0 Å². The summed E-state index contributed by atoms with van der Waals surface area (Å²) < 4.78 is 0. The Kier molecular flexibility index (Phi) is 4.08. The predicted molar refractivity (Wildman–Crippen MR) is 82.8 cm³/mol. The molecular formula is C17H16N2O4. The van der Waals surface area contributed by atoms with Gasteiger partial charge in [-0.2, -0.15) is 0 Å².